The molecule has 0 aliphatic heterocycles. The maximum Gasteiger partial charge on any atom is 0.356 e. The third-order valence-electron chi connectivity index (χ3n) is 4.13. The van der Waals surface area contributed by atoms with Crippen molar-refractivity contribution in [3.05, 3.63) is 57.4 Å². The molecule has 4 rings (SSSR count). The van der Waals surface area contributed by atoms with E-state index in [9.17, 15) is 9.90 Å². The molecule has 1 N–H and O–H groups in total. The fraction of sp³-hybridized carbons (Fsp3) is 0.176. The zero-order valence-corrected chi connectivity index (χ0v) is 12.9. The quantitative estimate of drug-likeness (QED) is 0.785. The number of hydrogen-bond donors (Lipinski definition) is 1. The number of benzene rings is 1. The van der Waals surface area contributed by atoms with Crippen molar-refractivity contribution in [2.75, 3.05) is 0 Å². The van der Waals surface area contributed by atoms with Crippen LogP contribution in [0.4, 0.5) is 0 Å². The topological polar surface area (TPSA) is 55.1 Å². The van der Waals surface area contributed by atoms with Crippen molar-refractivity contribution in [3.63, 3.8) is 0 Å². The fourth-order valence-electron chi connectivity index (χ4n) is 3.09. The molecule has 1 aromatic carbocycles. The minimum Gasteiger partial charge on any atom is -0.476 e. The van der Waals surface area contributed by atoms with Gasteiger partial charge in [-0.05, 0) is 42.8 Å². The number of nitrogens with zero attached hydrogens (tertiary/aromatic N) is 2. The number of fused-ring (bicyclic) bond motifs is 3. The van der Waals surface area contributed by atoms with Gasteiger partial charge in [0.15, 0.2) is 5.69 Å². The lowest BCUT2D eigenvalue weighted by atomic mass is 9.94. The summed E-state index contributed by atoms with van der Waals surface area (Å²) in [6, 6.07) is 9.99. The number of carbonyl (C=O) groups is 1. The third-order valence-corrected chi connectivity index (χ3v) is 5.11. The van der Waals surface area contributed by atoms with Crippen LogP contribution in [-0.2, 0) is 12.8 Å². The molecule has 5 heteroatoms. The molecule has 2 heterocycles. The molecule has 1 aliphatic carbocycles. The van der Waals surface area contributed by atoms with E-state index in [0.717, 1.165) is 40.9 Å². The molecule has 0 atom stereocenters. The van der Waals surface area contributed by atoms with Crippen LogP contribution in [0.15, 0.2) is 35.7 Å². The molecule has 0 saturated carbocycles. The minimum atomic E-state index is -0.956. The Balaban J connectivity index is 2.06. The van der Waals surface area contributed by atoms with Crippen LogP contribution in [0.2, 0.25) is 0 Å². The van der Waals surface area contributed by atoms with Crippen molar-refractivity contribution >= 4 is 17.3 Å². The van der Waals surface area contributed by atoms with Crippen molar-refractivity contribution < 1.29 is 9.90 Å². The molecule has 110 valence electrons. The van der Waals surface area contributed by atoms with Gasteiger partial charge < -0.3 is 5.11 Å². The molecular formula is C17H14N2O2S. The lowest BCUT2D eigenvalue weighted by Crippen LogP contribution is -2.06. The summed E-state index contributed by atoms with van der Waals surface area (Å²) in [5.41, 5.74) is 5.10. The molecule has 0 bridgehead atoms. The number of thiophene rings is 1. The summed E-state index contributed by atoms with van der Waals surface area (Å²) in [6.07, 6.45) is 1.62. The maximum absolute atomic E-state index is 11.6. The predicted molar refractivity (Wildman–Crippen MR) is 86.0 cm³/mol. The number of para-hydroxylation sites is 1. The monoisotopic (exact) mass is 310 g/mol. The van der Waals surface area contributed by atoms with Gasteiger partial charge in [-0.25, -0.2) is 9.48 Å². The van der Waals surface area contributed by atoms with Gasteiger partial charge in [0.05, 0.1) is 11.4 Å². The summed E-state index contributed by atoms with van der Waals surface area (Å²) in [5, 5.41) is 16.0. The van der Waals surface area contributed by atoms with Gasteiger partial charge in [-0.1, -0.05) is 18.2 Å². The van der Waals surface area contributed by atoms with Gasteiger partial charge in [0.2, 0.25) is 0 Å². The third kappa shape index (κ3) is 1.82. The van der Waals surface area contributed by atoms with Crippen molar-refractivity contribution in [3.8, 4) is 16.9 Å². The van der Waals surface area contributed by atoms with Crippen LogP contribution >= 0.6 is 11.3 Å². The van der Waals surface area contributed by atoms with Crippen LogP contribution in [0.3, 0.4) is 0 Å². The fourth-order valence-corrected chi connectivity index (χ4v) is 3.97. The highest BCUT2D eigenvalue weighted by Gasteiger charge is 2.29. The van der Waals surface area contributed by atoms with E-state index in [2.05, 4.69) is 16.5 Å². The molecule has 0 spiro atoms. The van der Waals surface area contributed by atoms with E-state index in [1.54, 1.807) is 16.0 Å². The average molecular weight is 310 g/mol. The Hall–Kier alpha value is -2.40. The Morgan fingerprint density at radius 1 is 1.27 bits per heavy atom. The molecule has 2 aromatic heterocycles. The second-order valence-electron chi connectivity index (χ2n) is 5.44. The minimum absolute atomic E-state index is 0.176. The normalized spacial score (nSPS) is 12.8. The van der Waals surface area contributed by atoms with Gasteiger partial charge in [-0.15, -0.1) is 11.3 Å². The van der Waals surface area contributed by atoms with E-state index in [-0.39, 0.29) is 5.69 Å². The molecule has 0 saturated heterocycles. The summed E-state index contributed by atoms with van der Waals surface area (Å²) in [6.45, 7) is 2.02. The standard InChI is InChI=1S/C17H14N2O2S/c1-10-4-2-3-5-13(10)19-16-11-8-9-22-14(11)7-6-12(16)15(18-19)17(20)21/h2-5,8-9H,6-7H2,1H3,(H,20,21). The second kappa shape index (κ2) is 4.81. The molecule has 4 nitrogen and oxygen atoms in total. The van der Waals surface area contributed by atoms with E-state index < -0.39 is 5.97 Å². The summed E-state index contributed by atoms with van der Waals surface area (Å²) >= 11 is 1.73. The number of aryl methyl sites for hydroxylation is 2. The highest BCUT2D eigenvalue weighted by molar-refractivity contribution is 7.10. The van der Waals surface area contributed by atoms with Gasteiger partial charge in [-0.2, -0.15) is 5.10 Å². The molecule has 0 radical (unpaired) electrons. The van der Waals surface area contributed by atoms with Gasteiger partial charge in [0, 0.05) is 16.0 Å². The van der Waals surface area contributed by atoms with E-state index in [1.165, 1.54) is 4.88 Å². The van der Waals surface area contributed by atoms with Crippen molar-refractivity contribution in [1.29, 1.82) is 0 Å². The first kappa shape index (κ1) is 13.3. The molecule has 3 aromatic rings. The van der Waals surface area contributed by atoms with Crippen LogP contribution in [0.1, 0.15) is 26.5 Å². The molecule has 0 unspecified atom stereocenters. The van der Waals surface area contributed by atoms with Crippen molar-refractivity contribution in [1.82, 2.24) is 9.78 Å². The number of hydrogen-bond acceptors (Lipinski definition) is 3. The number of aromatic nitrogens is 2. The SMILES string of the molecule is Cc1ccccc1-n1nc(C(=O)O)c2c1-c1ccsc1CC2. The lowest BCUT2D eigenvalue weighted by Gasteiger charge is -2.16. The second-order valence-corrected chi connectivity index (χ2v) is 6.44. The Bertz CT molecular complexity index is 892. The Morgan fingerprint density at radius 3 is 2.86 bits per heavy atom. The van der Waals surface area contributed by atoms with Crippen LogP contribution in [-0.4, -0.2) is 20.9 Å². The Kier molecular flexibility index (Phi) is 2.90. The predicted octanol–water partition coefficient (Wildman–Crippen LogP) is 3.71. The van der Waals surface area contributed by atoms with Gasteiger partial charge in [0.25, 0.3) is 0 Å². The Labute approximate surface area is 131 Å². The van der Waals surface area contributed by atoms with Crippen molar-refractivity contribution in [2.24, 2.45) is 0 Å². The number of aromatic carboxylic acids is 1. The first-order valence-electron chi connectivity index (χ1n) is 7.14. The smallest absolute Gasteiger partial charge is 0.356 e. The van der Waals surface area contributed by atoms with Gasteiger partial charge >= 0.3 is 5.97 Å². The highest BCUT2D eigenvalue weighted by Crippen LogP contribution is 2.39. The van der Waals surface area contributed by atoms with E-state index in [1.807, 2.05) is 31.2 Å². The summed E-state index contributed by atoms with van der Waals surface area (Å²) < 4.78 is 1.80. The molecule has 0 amide bonds. The first-order chi connectivity index (χ1) is 10.7. The number of rotatable bonds is 2. The van der Waals surface area contributed by atoms with E-state index in [0.29, 0.717) is 0 Å². The maximum atomic E-state index is 11.6. The van der Waals surface area contributed by atoms with Crippen LogP contribution in [0.5, 0.6) is 0 Å². The average Bonchev–Trinajstić information content (AvgIpc) is 3.11. The van der Waals surface area contributed by atoms with Crippen LogP contribution < -0.4 is 0 Å². The van der Waals surface area contributed by atoms with Crippen molar-refractivity contribution in [2.45, 2.75) is 19.8 Å². The lowest BCUT2D eigenvalue weighted by molar-refractivity contribution is 0.0689. The highest BCUT2D eigenvalue weighted by atomic mass is 32.1. The largest absolute Gasteiger partial charge is 0.476 e. The zero-order valence-electron chi connectivity index (χ0n) is 12.0. The van der Waals surface area contributed by atoms with Crippen LogP contribution in [0.25, 0.3) is 16.9 Å². The van der Waals surface area contributed by atoms with E-state index >= 15 is 0 Å². The number of carboxylic acids is 1. The summed E-state index contributed by atoms with van der Waals surface area (Å²) in [4.78, 5) is 12.9. The molecule has 1 aliphatic rings. The van der Waals surface area contributed by atoms with Gasteiger partial charge in [0.1, 0.15) is 0 Å². The van der Waals surface area contributed by atoms with E-state index in [4.69, 9.17) is 0 Å². The van der Waals surface area contributed by atoms with Gasteiger partial charge in [-0.3, -0.25) is 0 Å². The summed E-state index contributed by atoms with van der Waals surface area (Å²) in [5.74, 6) is -0.956. The number of carboxylic acid groups (broad SMARTS) is 1. The Morgan fingerprint density at radius 2 is 2.09 bits per heavy atom. The molecule has 22 heavy (non-hydrogen) atoms. The van der Waals surface area contributed by atoms with Crippen LogP contribution in [0, 0.1) is 6.92 Å². The summed E-state index contributed by atoms with van der Waals surface area (Å²) in [7, 11) is 0. The zero-order chi connectivity index (χ0) is 15.3. The molecular weight excluding hydrogens is 296 g/mol. The first-order valence-corrected chi connectivity index (χ1v) is 8.02. The molecule has 0 fully saturated rings.